The number of hydrogen-bond donors (Lipinski definition) is 1. The van der Waals surface area contributed by atoms with Crippen LogP contribution in [0.2, 0.25) is 0 Å². The average Bonchev–Trinajstić information content (AvgIpc) is 2.55. The molecule has 2 aromatic rings. The summed E-state index contributed by atoms with van der Waals surface area (Å²) in [5.41, 5.74) is 1.51. The Balaban J connectivity index is 1.77. The Kier molecular flexibility index (Phi) is 4.57. The molecule has 0 atom stereocenters. The third-order valence-electron chi connectivity index (χ3n) is 3.85. The van der Waals surface area contributed by atoms with E-state index >= 15 is 0 Å². The molecule has 0 unspecified atom stereocenters. The minimum Gasteiger partial charge on any atom is -0.378 e. The molecule has 1 aliphatic heterocycles. The highest BCUT2D eigenvalue weighted by molar-refractivity contribution is 5.62. The summed E-state index contributed by atoms with van der Waals surface area (Å²) in [6.07, 6.45) is 1.19. The molecule has 1 aromatic heterocycles. The molecule has 0 bridgehead atoms. The van der Waals surface area contributed by atoms with Crippen LogP contribution in [0.1, 0.15) is 5.56 Å². The van der Waals surface area contributed by atoms with E-state index in [9.17, 15) is 14.5 Å². The number of morpholine rings is 1. The first-order valence-corrected chi connectivity index (χ1v) is 7.55. The van der Waals surface area contributed by atoms with Crippen molar-refractivity contribution in [3.8, 4) is 0 Å². The summed E-state index contributed by atoms with van der Waals surface area (Å²) >= 11 is 0. The first-order valence-electron chi connectivity index (χ1n) is 7.55. The number of nitro groups is 1. The van der Waals surface area contributed by atoms with Gasteiger partial charge in [0.25, 0.3) is 5.69 Å². The van der Waals surface area contributed by atoms with E-state index in [-0.39, 0.29) is 11.5 Å². The molecule has 0 saturated carbocycles. The van der Waals surface area contributed by atoms with Gasteiger partial charge in [0.2, 0.25) is 0 Å². The fourth-order valence-corrected chi connectivity index (χ4v) is 2.60. The van der Waals surface area contributed by atoms with E-state index < -0.39 is 4.92 Å². The number of benzene rings is 1. The zero-order valence-electron chi connectivity index (χ0n) is 13.2. The highest BCUT2D eigenvalue weighted by atomic mass is 19.1. The Morgan fingerprint density at radius 2 is 2.08 bits per heavy atom. The lowest BCUT2D eigenvalue weighted by atomic mass is 10.2. The van der Waals surface area contributed by atoms with Crippen LogP contribution in [0.4, 0.5) is 27.3 Å². The number of rotatable bonds is 4. The summed E-state index contributed by atoms with van der Waals surface area (Å²) < 4.78 is 19.6. The van der Waals surface area contributed by atoms with E-state index in [1.807, 2.05) is 4.90 Å². The van der Waals surface area contributed by atoms with Crippen LogP contribution < -0.4 is 10.2 Å². The summed E-state index contributed by atoms with van der Waals surface area (Å²) in [5, 5.41) is 13.8. The number of aromatic nitrogens is 1. The summed E-state index contributed by atoms with van der Waals surface area (Å²) in [5.74, 6) is 0.0946. The highest BCUT2D eigenvalue weighted by Gasteiger charge is 2.16. The van der Waals surface area contributed by atoms with Crippen LogP contribution >= 0.6 is 0 Å². The molecule has 1 saturated heterocycles. The maximum Gasteiger partial charge on any atom is 0.290 e. The van der Waals surface area contributed by atoms with Crippen LogP contribution in [0.25, 0.3) is 0 Å². The second kappa shape index (κ2) is 6.79. The van der Waals surface area contributed by atoms with Gasteiger partial charge in [0.15, 0.2) is 0 Å². The molecule has 0 aliphatic carbocycles. The minimum absolute atomic E-state index is 0.0469. The number of hydrogen-bond acceptors (Lipinski definition) is 6. The van der Waals surface area contributed by atoms with Crippen molar-refractivity contribution in [3.05, 3.63) is 52.0 Å². The van der Waals surface area contributed by atoms with E-state index in [1.165, 1.54) is 12.3 Å². The van der Waals surface area contributed by atoms with E-state index in [1.54, 1.807) is 25.1 Å². The molecule has 0 spiro atoms. The molecule has 0 radical (unpaired) electrons. The Morgan fingerprint density at radius 3 is 2.71 bits per heavy atom. The van der Waals surface area contributed by atoms with Gasteiger partial charge in [-0.2, -0.15) is 0 Å². The van der Waals surface area contributed by atoms with E-state index in [0.29, 0.717) is 49.1 Å². The summed E-state index contributed by atoms with van der Waals surface area (Å²) in [6, 6.07) is 6.42. The molecule has 1 aromatic carbocycles. The smallest absolute Gasteiger partial charge is 0.290 e. The Hall–Kier alpha value is -2.74. The molecule has 7 nitrogen and oxygen atoms in total. The maximum atomic E-state index is 14.4. The fourth-order valence-electron chi connectivity index (χ4n) is 2.60. The number of nitrogens with one attached hydrogen (secondary N) is 1. The second-order valence-corrected chi connectivity index (χ2v) is 5.50. The van der Waals surface area contributed by atoms with Crippen molar-refractivity contribution in [2.24, 2.45) is 0 Å². The summed E-state index contributed by atoms with van der Waals surface area (Å²) in [6.45, 7) is 4.13. The molecule has 24 heavy (non-hydrogen) atoms. The van der Waals surface area contributed by atoms with Gasteiger partial charge in [-0.1, -0.05) is 0 Å². The normalized spacial score (nSPS) is 14.5. The van der Waals surface area contributed by atoms with E-state index in [2.05, 4.69) is 10.3 Å². The Morgan fingerprint density at radius 1 is 1.33 bits per heavy atom. The number of aryl methyl sites for hydroxylation is 1. The molecule has 8 heteroatoms. The van der Waals surface area contributed by atoms with Gasteiger partial charge in [-0.15, -0.1) is 0 Å². The fraction of sp³-hybridized carbons (Fsp3) is 0.312. The van der Waals surface area contributed by atoms with Crippen LogP contribution in [0.3, 0.4) is 0 Å². The number of pyridine rings is 1. The molecule has 3 rings (SSSR count). The average molecular weight is 332 g/mol. The standard InChI is InChI=1S/C16H17FN4O3/c1-11-8-16(18-10-15(11)21(22)23)19-12-2-3-14(13(17)9-12)20-4-6-24-7-5-20/h2-3,8-10H,4-7H2,1H3,(H,18,19). The van der Waals surface area contributed by atoms with Crippen molar-refractivity contribution < 1.29 is 14.1 Å². The third kappa shape index (κ3) is 3.43. The van der Waals surface area contributed by atoms with Gasteiger partial charge >= 0.3 is 0 Å². The first kappa shape index (κ1) is 16.1. The van der Waals surface area contributed by atoms with Crippen molar-refractivity contribution in [1.82, 2.24) is 4.98 Å². The van der Waals surface area contributed by atoms with Gasteiger partial charge in [0, 0.05) is 24.3 Å². The molecule has 1 aliphatic rings. The minimum atomic E-state index is -0.483. The van der Waals surface area contributed by atoms with Gasteiger partial charge in [-0.05, 0) is 31.2 Å². The van der Waals surface area contributed by atoms with Gasteiger partial charge in [-0.25, -0.2) is 9.37 Å². The van der Waals surface area contributed by atoms with Gasteiger partial charge in [0.1, 0.15) is 17.8 Å². The van der Waals surface area contributed by atoms with Crippen molar-refractivity contribution in [2.75, 3.05) is 36.5 Å². The number of halogens is 1. The lowest BCUT2D eigenvalue weighted by Crippen LogP contribution is -2.36. The number of ether oxygens (including phenoxy) is 1. The lowest BCUT2D eigenvalue weighted by Gasteiger charge is -2.29. The molecule has 0 amide bonds. The highest BCUT2D eigenvalue weighted by Crippen LogP contribution is 2.26. The van der Waals surface area contributed by atoms with Crippen molar-refractivity contribution in [1.29, 1.82) is 0 Å². The largest absolute Gasteiger partial charge is 0.378 e. The molecule has 2 heterocycles. The predicted molar refractivity (Wildman–Crippen MR) is 88.3 cm³/mol. The van der Waals surface area contributed by atoms with Crippen LogP contribution in [-0.2, 0) is 4.74 Å². The lowest BCUT2D eigenvalue weighted by molar-refractivity contribution is -0.385. The van der Waals surface area contributed by atoms with E-state index in [4.69, 9.17) is 4.74 Å². The summed E-state index contributed by atoms with van der Waals surface area (Å²) in [4.78, 5) is 16.3. The maximum absolute atomic E-state index is 14.4. The van der Waals surface area contributed by atoms with Crippen LogP contribution in [0.5, 0.6) is 0 Å². The molecule has 1 fully saturated rings. The van der Waals surface area contributed by atoms with Gasteiger partial charge in [0.05, 0.1) is 23.8 Å². The molecular formula is C16H17FN4O3. The molecular weight excluding hydrogens is 315 g/mol. The predicted octanol–water partition coefficient (Wildman–Crippen LogP) is 3.02. The van der Waals surface area contributed by atoms with Gasteiger partial charge < -0.3 is 15.0 Å². The first-order chi connectivity index (χ1) is 11.5. The Labute approximate surface area is 138 Å². The summed E-state index contributed by atoms with van der Waals surface area (Å²) in [7, 11) is 0. The van der Waals surface area contributed by atoms with Crippen molar-refractivity contribution >= 4 is 22.9 Å². The quantitative estimate of drug-likeness (QED) is 0.685. The van der Waals surface area contributed by atoms with Crippen LogP contribution in [0.15, 0.2) is 30.5 Å². The SMILES string of the molecule is Cc1cc(Nc2ccc(N3CCOCC3)c(F)c2)ncc1[N+](=O)[O-]. The molecule has 1 N–H and O–H groups in total. The molecule has 126 valence electrons. The topological polar surface area (TPSA) is 80.5 Å². The van der Waals surface area contributed by atoms with E-state index in [0.717, 1.165) is 0 Å². The van der Waals surface area contributed by atoms with Crippen LogP contribution in [0, 0.1) is 22.9 Å². The zero-order chi connectivity index (χ0) is 17.1. The van der Waals surface area contributed by atoms with Crippen molar-refractivity contribution in [3.63, 3.8) is 0 Å². The monoisotopic (exact) mass is 332 g/mol. The van der Waals surface area contributed by atoms with Gasteiger partial charge in [-0.3, -0.25) is 10.1 Å². The van der Waals surface area contributed by atoms with Crippen molar-refractivity contribution in [2.45, 2.75) is 6.92 Å². The second-order valence-electron chi connectivity index (χ2n) is 5.50. The zero-order valence-corrected chi connectivity index (χ0v) is 13.2. The Bertz CT molecular complexity index is 763. The van der Waals surface area contributed by atoms with Crippen LogP contribution in [-0.4, -0.2) is 36.2 Å². The number of anilines is 3. The third-order valence-corrected chi connectivity index (χ3v) is 3.85. The number of nitrogens with zero attached hydrogens (tertiary/aromatic N) is 3.